The minimum atomic E-state index is -1.47. The molecule has 0 aromatic heterocycles. The predicted molar refractivity (Wildman–Crippen MR) is 220 cm³/mol. The van der Waals surface area contributed by atoms with Gasteiger partial charge in [-0.3, -0.25) is 0 Å². The van der Waals surface area contributed by atoms with Gasteiger partial charge in [0, 0.05) is 0 Å². The topological polar surface area (TPSA) is 127 Å². The Balaban J connectivity index is 2.32. The highest BCUT2D eigenvalue weighted by Gasteiger charge is 2.27. The van der Waals surface area contributed by atoms with Crippen molar-refractivity contribution in [3.63, 3.8) is 0 Å². The van der Waals surface area contributed by atoms with Gasteiger partial charge in [-0.2, -0.15) is 0 Å². The molecule has 1 rings (SSSR count). The van der Waals surface area contributed by atoms with E-state index < -0.39 is 35.0 Å². The van der Waals surface area contributed by atoms with E-state index in [-0.39, 0.29) is 24.3 Å². The van der Waals surface area contributed by atoms with Crippen LogP contribution in [0.1, 0.15) is 249 Å². The van der Waals surface area contributed by atoms with Gasteiger partial charge in [0.1, 0.15) is 0 Å². The first-order valence-corrected chi connectivity index (χ1v) is 22.0. The summed E-state index contributed by atoms with van der Waals surface area (Å²) < 4.78 is 10.7. The molecule has 1 aromatic rings. The summed E-state index contributed by atoms with van der Waals surface area (Å²) in [6.07, 6.45) is 33.7. The fourth-order valence-corrected chi connectivity index (χ4v) is 6.97. The molecule has 0 radical (unpaired) electrons. The number of ether oxygens (including phenoxy) is 2. The second-order valence-electron chi connectivity index (χ2n) is 16.4. The average Bonchev–Trinajstić information content (AvgIpc) is 3.13. The summed E-state index contributed by atoms with van der Waals surface area (Å²) in [5.41, 5.74) is -1.73. The zero-order valence-corrected chi connectivity index (χ0v) is 34.9. The number of hydrogen-bond donors (Lipinski definition) is 2. The molecule has 8 heteroatoms. The summed E-state index contributed by atoms with van der Waals surface area (Å²) in [6, 6.07) is 1.84. The van der Waals surface area contributed by atoms with Gasteiger partial charge >= 0.3 is 23.9 Å². The number of unbranched alkanes of at least 4 members (excludes halogenated alkanes) is 24. The van der Waals surface area contributed by atoms with Crippen molar-refractivity contribution in [2.45, 2.75) is 207 Å². The molecule has 310 valence electrons. The number of carbonyl (C=O) groups is 4. The van der Waals surface area contributed by atoms with Gasteiger partial charge in [0.25, 0.3) is 0 Å². The van der Waals surface area contributed by atoms with Gasteiger partial charge in [0.2, 0.25) is 0 Å². The SMILES string of the molecule is CC(C)CCCCCCCCCCCCCCCOC(=O)c1cc(C(=O)OCCCCCCCCCCCCCCCC(C)C)c(C(=O)O)cc1C(=O)O. The van der Waals surface area contributed by atoms with Crippen LogP contribution < -0.4 is 0 Å². The Morgan fingerprint density at radius 3 is 0.852 bits per heavy atom. The van der Waals surface area contributed by atoms with Crippen molar-refractivity contribution in [3.05, 3.63) is 34.4 Å². The Morgan fingerprint density at radius 1 is 0.389 bits per heavy atom. The van der Waals surface area contributed by atoms with Gasteiger partial charge < -0.3 is 19.7 Å². The first-order chi connectivity index (χ1) is 26.0. The monoisotopic (exact) mass is 759 g/mol. The third-order valence-electron chi connectivity index (χ3n) is 10.4. The van der Waals surface area contributed by atoms with Gasteiger partial charge in [-0.15, -0.1) is 0 Å². The molecule has 0 aliphatic carbocycles. The van der Waals surface area contributed by atoms with E-state index in [0.29, 0.717) is 12.8 Å². The van der Waals surface area contributed by atoms with E-state index in [2.05, 4.69) is 27.7 Å². The number of rotatable bonds is 36. The molecule has 0 saturated carbocycles. The maximum atomic E-state index is 12.9. The molecule has 54 heavy (non-hydrogen) atoms. The first-order valence-electron chi connectivity index (χ1n) is 22.0. The normalized spacial score (nSPS) is 11.4. The number of benzene rings is 1. The second-order valence-corrected chi connectivity index (χ2v) is 16.4. The lowest BCUT2D eigenvalue weighted by Crippen LogP contribution is -2.19. The molecule has 1 aromatic carbocycles. The number of esters is 2. The number of hydrogen-bond acceptors (Lipinski definition) is 6. The van der Waals surface area contributed by atoms with Crippen molar-refractivity contribution in [1.82, 2.24) is 0 Å². The Labute approximate surface area is 328 Å². The molecule has 0 saturated heterocycles. The minimum Gasteiger partial charge on any atom is -0.478 e. The summed E-state index contributed by atoms with van der Waals surface area (Å²) >= 11 is 0. The van der Waals surface area contributed by atoms with E-state index in [4.69, 9.17) is 9.47 Å². The molecule has 0 fully saturated rings. The molecular weight excluding hydrogens is 680 g/mol. The quantitative estimate of drug-likeness (QED) is 0.0511. The number of carboxylic acid groups (broad SMARTS) is 2. The molecular formula is C46H78O8. The van der Waals surface area contributed by atoms with Crippen molar-refractivity contribution < 1.29 is 38.9 Å². The maximum Gasteiger partial charge on any atom is 0.339 e. The van der Waals surface area contributed by atoms with E-state index in [1.807, 2.05) is 0 Å². The molecule has 0 spiro atoms. The highest BCUT2D eigenvalue weighted by Crippen LogP contribution is 2.22. The van der Waals surface area contributed by atoms with E-state index >= 15 is 0 Å². The van der Waals surface area contributed by atoms with E-state index in [1.54, 1.807) is 0 Å². The van der Waals surface area contributed by atoms with Crippen LogP contribution >= 0.6 is 0 Å². The molecule has 2 N–H and O–H groups in total. The van der Waals surface area contributed by atoms with Crippen molar-refractivity contribution in [3.8, 4) is 0 Å². The Kier molecular flexibility index (Phi) is 29.4. The first kappa shape index (κ1) is 49.1. The molecule has 0 bridgehead atoms. The summed E-state index contributed by atoms with van der Waals surface area (Å²) in [6.45, 7) is 9.40. The highest BCUT2D eigenvalue weighted by atomic mass is 16.5. The van der Waals surface area contributed by atoms with Gasteiger partial charge in [0.15, 0.2) is 0 Å². The molecule has 0 heterocycles. The summed E-state index contributed by atoms with van der Waals surface area (Å²) in [5.74, 6) is -3.11. The zero-order chi connectivity index (χ0) is 39.8. The zero-order valence-electron chi connectivity index (χ0n) is 34.9. The molecule has 0 aliphatic heterocycles. The van der Waals surface area contributed by atoms with Crippen LogP contribution in [-0.4, -0.2) is 47.3 Å². The Morgan fingerprint density at radius 2 is 0.611 bits per heavy atom. The lowest BCUT2D eigenvalue weighted by molar-refractivity contribution is 0.0479. The van der Waals surface area contributed by atoms with Crippen LogP contribution in [0, 0.1) is 11.8 Å². The van der Waals surface area contributed by atoms with Crippen LogP contribution in [0.15, 0.2) is 12.1 Å². The van der Waals surface area contributed by atoms with Crippen molar-refractivity contribution in [1.29, 1.82) is 0 Å². The molecule has 8 nitrogen and oxygen atoms in total. The van der Waals surface area contributed by atoms with Crippen LogP contribution in [0.2, 0.25) is 0 Å². The predicted octanol–water partition coefficient (Wildman–Crippen LogP) is 13.6. The van der Waals surface area contributed by atoms with Crippen LogP contribution in [0.25, 0.3) is 0 Å². The Bertz CT molecular complexity index is 1070. The van der Waals surface area contributed by atoms with Crippen LogP contribution in [0.3, 0.4) is 0 Å². The molecule has 0 atom stereocenters. The van der Waals surface area contributed by atoms with Crippen LogP contribution in [0.4, 0.5) is 0 Å². The number of carbonyl (C=O) groups excluding carboxylic acids is 2. The average molecular weight is 759 g/mol. The number of aromatic carboxylic acids is 2. The Hall–Kier alpha value is -2.90. The largest absolute Gasteiger partial charge is 0.478 e. The summed E-state index contributed by atoms with van der Waals surface area (Å²) in [7, 11) is 0. The summed E-state index contributed by atoms with van der Waals surface area (Å²) in [5, 5.41) is 19.4. The third kappa shape index (κ3) is 25.2. The van der Waals surface area contributed by atoms with Gasteiger partial charge in [-0.05, 0) is 36.8 Å². The highest BCUT2D eigenvalue weighted by molar-refractivity contribution is 6.09. The minimum absolute atomic E-state index is 0.119. The lowest BCUT2D eigenvalue weighted by Gasteiger charge is -2.12. The molecule has 0 aliphatic rings. The fourth-order valence-electron chi connectivity index (χ4n) is 6.97. The van der Waals surface area contributed by atoms with E-state index in [0.717, 1.165) is 62.5 Å². The lowest BCUT2D eigenvalue weighted by atomic mass is 9.98. The fraction of sp³-hybridized carbons (Fsp3) is 0.783. The van der Waals surface area contributed by atoms with Crippen molar-refractivity contribution in [2.75, 3.05) is 13.2 Å². The van der Waals surface area contributed by atoms with Gasteiger partial charge in [0.05, 0.1) is 35.5 Å². The van der Waals surface area contributed by atoms with Gasteiger partial charge in [-0.1, -0.05) is 195 Å². The van der Waals surface area contributed by atoms with E-state index in [1.165, 1.54) is 128 Å². The van der Waals surface area contributed by atoms with Crippen molar-refractivity contribution in [2.24, 2.45) is 11.8 Å². The maximum absolute atomic E-state index is 12.9. The summed E-state index contributed by atoms with van der Waals surface area (Å²) in [4.78, 5) is 49.7. The third-order valence-corrected chi connectivity index (χ3v) is 10.4. The molecule has 0 unspecified atom stereocenters. The smallest absolute Gasteiger partial charge is 0.339 e. The van der Waals surface area contributed by atoms with Crippen molar-refractivity contribution >= 4 is 23.9 Å². The molecule has 0 amide bonds. The standard InChI is InChI=1S/C46H78O8/c1-37(2)31-27-23-19-15-11-7-5-9-13-17-21-25-29-33-53-45(51)41-36-42(40(44(49)50)35-39(41)43(47)48)46(52)54-34-30-26-22-18-14-10-6-8-12-16-20-24-28-32-38(3)4/h35-38H,5-34H2,1-4H3,(H,47,48)(H,49,50). The number of carboxylic acids is 2. The van der Waals surface area contributed by atoms with E-state index in [9.17, 15) is 29.4 Å². The van der Waals surface area contributed by atoms with Gasteiger partial charge in [-0.25, -0.2) is 19.2 Å². The van der Waals surface area contributed by atoms with Crippen LogP contribution in [0.5, 0.6) is 0 Å². The second kappa shape index (κ2) is 32.4. The van der Waals surface area contributed by atoms with Crippen LogP contribution in [-0.2, 0) is 9.47 Å².